The van der Waals surface area contributed by atoms with Crippen molar-refractivity contribution in [1.82, 2.24) is 10.2 Å². The van der Waals surface area contributed by atoms with Gasteiger partial charge < -0.3 is 24.4 Å². The highest BCUT2D eigenvalue weighted by molar-refractivity contribution is 5.53. The van der Waals surface area contributed by atoms with Crippen LogP contribution >= 0.6 is 0 Å². The average molecular weight is 322 g/mol. The zero-order chi connectivity index (χ0) is 16.7. The number of nitrogens with one attached hydrogen (secondary N) is 1. The van der Waals surface area contributed by atoms with Gasteiger partial charge >= 0.3 is 0 Å². The van der Waals surface area contributed by atoms with Crippen LogP contribution < -0.4 is 19.5 Å². The van der Waals surface area contributed by atoms with Crippen molar-refractivity contribution in [2.75, 3.05) is 47.5 Å². The molecule has 5 nitrogen and oxygen atoms in total. The highest BCUT2D eigenvalue weighted by Crippen LogP contribution is 2.38. The van der Waals surface area contributed by atoms with E-state index < -0.39 is 0 Å². The molecule has 0 aliphatic carbocycles. The van der Waals surface area contributed by atoms with Gasteiger partial charge in [-0.05, 0) is 49.5 Å². The van der Waals surface area contributed by atoms with Gasteiger partial charge in [0.1, 0.15) is 0 Å². The molecule has 5 heteroatoms. The summed E-state index contributed by atoms with van der Waals surface area (Å²) in [7, 11) is 4.91. The first-order valence-electron chi connectivity index (χ1n) is 8.40. The van der Waals surface area contributed by atoms with Gasteiger partial charge in [-0.1, -0.05) is 6.92 Å². The minimum absolute atomic E-state index is 0.640. The summed E-state index contributed by atoms with van der Waals surface area (Å²) in [6.45, 7) is 7.70. The third kappa shape index (κ3) is 5.01. The molecule has 1 heterocycles. The van der Waals surface area contributed by atoms with E-state index in [1.807, 2.05) is 12.1 Å². The van der Waals surface area contributed by atoms with E-state index in [2.05, 4.69) is 17.1 Å². The van der Waals surface area contributed by atoms with Crippen molar-refractivity contribution < 1.29 is 14.2 Å². The number of ether oxygens (including phenoxy) is 3. The number of hydrogen-bond donors (Lipinski definition) is 1. The molecule has 1 fully saturated rings. The molecule has 0 aromatic heterocycles. The third-order valence-electron chi connectivity index (χ3n) is 4.53. The second kappa shape index (κ2) is 8.99. The van der Waals surface area contributed by atoms with Crippen LogP contribution in [0.2, 0.25) is 0 Å². The lowest BCUT2D eigenvalue weighted by molar-refractivity contribution is 0.193. The Morgan fingerprint density at radius 1 is 1.04 bits per heavy atom. The lowest BCUT2D eigenvalue weighted by Gasteiger charge is -2.30. The molecule has 0 unspecified atom stereocenters. The maximum Gasteiger partial charge on any atom is 0.203 e. The fourth-order valence-electron chi connectivity index (χ4n) is 2.99. The zero-order valence-electron chi connectivity index (χ0n) is 14.9. The Bertz CT molecular complexity index is 460. The lowest BCUT2D eigenvalue weighted by atomic mass is 9.99. The molecule has 1 N–H and O–H groups in total. The fraction of sp³-hybridized carbons (Fsp3) is 0.667. The lowest BCUT2D eigenvalue weighted by Crippen LogP contribution is -2.37. The normalized spacial score (nSPS) is 16.3. The van der Waals surface area contributed by atoms with E-state index in [1.165, 1.54) is 25.9 Å². The minimum Gasteiger partial charge on any atom is -0.493 e. The molecule has 1 aliphatic rings. The summed E-state index contributed by atoms with van der Waals surface area (Å²) >= 11 is 0. The van der Waals surface area contributed by atoms with Gasteiger partial charge in [-0.15, -0.1) is 0 Å². The largest absolute Gasteiger partial charge is 0.493 e. The summed E-state index contributed by atoms with van der Waals surface area (Å²) < 4.78 is 16.1. The van der Waals surface area contributed by atoms with E-state index in [-0.39, 0.29) is 0 Å². The first-order chi connectivity index (χ1) is 11.2. The van der Waals surface area contributed by atoms with Gasteiger partial charge in [-0.3, -0.25) is 0 Å². The summed E-state index contributed by atoms with van der Waals surface area (Å²) in [5.41, 5.74) is 1.13. The molecule has 2 rings (SSSR count). The van der Waals surface area contributed by atoms with Crippen molar-refractivity contribution in [2.45, 2.75) is 26.3 Å². The summed E-state index contributed by atoms with van der Waals surface area (Å²) in [6.07, 6.45) is 2.65. The van der Waals surface area contributed by atoms with E-state index in [1.54, 1.807) is 21.3 Å². The standard InChI is InChI=1S/C18H30N2O3/c1-14-5-8-20(9-6-14)10-7-19-13-15-11-16(21-2)18(23-4)17(12-15)22-3/h11-12,14,19H,5-10,13H2,1-4H3. The molecule has 1 aliphatic heterocycles. The van der Waals surface area contributed by atoms with Gasteiger partial charge in [-0.2, -0.15) is 0 Å². The molecule has 130 valence electrons. The topological polar surface area (TPSA) is 43.0 Å². The van der Waals surface area contributed by atoms with Crippen LogP contribution in [-0.2, 0) is 6.54 Å². The van der Waals surface area contributed by atoms with Crippen molar-refractivity contribution in [3.63, 3.8) is 0 Å². The predicted molar refractivity (Wildman–Crippen MR) is 92.6 cm³/mol. The molecule has 0 spiro atoms. The highest BCUT2D eigenvalue weighted by Gasteiger charge is 2.15. The average Bonchev–Trinajstić information content (AvgIpc) is 2.59. The van der Waals surface area contributed by atoms with Crippen LogP contribution in [0.25, 0.3) is 0 Å². The smallest absolute Gasteiger partial charge is 0.203 e. The fourth-order valence-corrected chi connectivity index (χ4v) is 2.99. The minimum atomic E-state index is 0.640. The van der Waals surface area contributed by atoms with Gasteiger partial charge in [0.25, 0.3) is 0 Å². The van der Waals surface area contributed by atoms with Crippen LogP contribution in [0.3, 0.4) is 0 Å². The molecule has 0 atom stereocenters. The number of nitrogens with zero attached hydrogens (tertiary/aromatic N) is 1. The Kier molecular flexibility index (Phi) is 6.99. The second-order valence-electron chi connectivity index (χ2n) is 6.23. The van der Waals surface area contributed by atoms with E-state index in [0.717, 1.165) is 31.1 Å². The van der Waals surface area contributed by atoms with Crippen LogP contribution in [0, 0.1) is 5.92 Å². The maximum atomic E-state index is 5.39. The van der Waals surface area contributed by atoms with Gasteiger partial charge in [-0.25, -0.2) is 0 Å². The van der Waals surface area contributed by atoms with Gasteiger partial charge in [0, 0.05) is 19.6 Å². The van der Waals surface area contributed by atoms with Crippen LogP contribution in [0.5, 0.6) is 17.2 Å². The summed E-state index contributed by atoms with van der Waals surface area (Å²) in [5, 5.41) is 3.51. The Morgan fingerprint density at radius 2 is 1.65 bits per heavy atom. The summed E-state index contributed by atoms with van der Waals surface area (Å²) in [5.74, 6) is 2.93. The van der Waals surface area contributed by atoms with Crippen molar-refractivity contribution >= 4 is 0 Å². The Balaban J connectivity index is 1.83. The van der Waals surface area contributed by atoms with Crippen molar-refractivity contribution in [1.29, 1.82) is 0 Å². The van der Waals surface area contributed by atoms with Crippen molar-refractivity contribution in [2.24, 2.45) is 5.92 Å². The quantitative estimate of drug-likeness (QED) is 0.745. The molecule has 23 heavy (non-hydrogen) atoms. The molecule has 0 radical (unpaired) electrons. The van der Waals surface area contributed by atoms with Gasteiger partial charge in [0.05, 0.1) is 21.3 Å². The molecule has 0 bridgehead atoms. The number of likely N-dealkylation sites (tertiary alicyclic amines) is 1. The monoisotopic (exact) mass is 322 g/mol. The molecule has 0 saturated carbocycles. The summed E-state index contributed by atoms with van der Waals surface area (Å²) in [4.78, 5) is 2.54. The van der Waals surface area contributed by atoms with Crippen LogP contribution in [0.15, 0.2) is 12.1 Å². The first-order valence-corrected chi connectivity index (χ1v) is 8.40. The Labute approximate surface area is 139 Å². The van der Waals surface area contributed by atoms with E-state index in [4.69, 9.17) is 14.2 Å². The van der Waals surface area contributed by atoms with Crippen molar-refractivity contribution in [3.05, 3.63) is 17.7 Å². The third-order valence-corrected chi connectivity index (χ3v) is 4.53. The first kappa shape index (κ1) is 17.9. The molecular weight excluding hydrogens is 292 g/mol. The van der Waals surface area contributed by atoms with Crippen LogP contribution in [0.1, 0.15) is 25.3 Å². The molecule has 0 amide bonds. The van der Waals surface area contributed by atoms with Crippen LogP contribution in [0.4, 0.5) is 0 Å². The number of benzene rings is 1. The van der Waals surface area contributed by atoms with Gasteiger partial charge in [0.2, 0.25) is 5.75 Å². The van der Waals surface area contributed by atoms with Crippen molar-refractivity contribution in [3.8, 4) is 17.2 Å². The maximum absolute atomic E-state index is 5.39. The van der Waals surface area contributed by atoms with Crippen LogP contribution in [-0.4, -0.2) is 52.4 Å². The number of methoxy groups -OCH3 is 3. The SMILES string of the molecule is COc1cc(CNCCN2CCC(C)CC2)cc(OC)c1OC. The zero-order valence-corrected chi connectivity index (χ0v) is 14.9. The molecule has 1 saturated heterocycles. The Hall–Kier alpha value is -1.46. The number of hydrogen-bond acceptors (Lipinski definition) is 5. The molecular formula is C18H30N2O3. The van der Waals surface area contributed by atoms with E-state index in [0.29, 0.717) is 17.2 Å². The van der Waals surface area contributed by atoms with Gasteiger partial charge in [0.15, 0.2) is 11.5 Å². The second-order valence-corrected chi connectivity index (χ2v) is 6.23. The van der Waals surface area contributed by atoms with E-state index >= 15 is 0 Å². The number of piperidine rings is 1. The molecule has 1 aromatic carbocycles. The number of rotatable bonds is 8. The molecule has 1 aromatic rings. The Morgan fingerprint density at radius 3 is 2.17 bits per heavy atom. The highest BCUT2D eigenvalue weighted by atomic mass is 16.5. The summed E-state index contributed by atoms with van der Waals surface area (Å²) in [6, 6.07) is 3.99. The predicted octanol–water partition coefficient (Wildman–Crippen LogP) is 2.53. The van der Waals surface area contributed by atoms with E-state index in [9.17, 15) is 0 Å².